The zero-order valence-electron chi connectivity index (χ0n) is 23.5. The van der Waals surface area contributed by atoms with Gasteiger partial charge in [0.25, 0.3) is 0 Å². The van der Waals surface area contributed by atoms with Crippen molar-refractivity contribution in [2.45, 2.75) is 39.5 Å². The number of hydrogen-bond acceptors (Lipinski definition) is 8. The summed E-state index contributed by atoms with van der Waals surface area (Å²) in [6.45, 7) is 4.77. The lowest BCUT2D eigenvalue weighted by Gasteiger charge is -2.23. The van der Waals surface area contributed by atoms with E-state index in [1.807, 2.05) is 24.6 Å². The van der Waals surface area contributed by atoms with Crippen LogP contribution in [-0.4, -0.2) is 45.2 Å². The summed E-state index contributed by atoms with van der Waals surface area (Å²) < 4.78 is 22.9. The van der Waals surface area contributed by atoms with E-state index in [1.165, 1.54) is 12.1 Å². The zero-order valence-corrected chi connectivity index (χ0v) is 24.2. The Kier molecular flexibility index (Phi) is 8.63. The molecule has 4 aromatic rings. The smallest absolute Gasteiger partial charge is 0.482 e. The molecule has 1 atom stereocenters. The van der Waals surface area contributed by atoms with Gasteiger partial charge in [-0.15, -0.1) is 0 Å². The number of allylic oxidation sites excluding steroid dienone is 1. The highest BCUT2D eigenvalue weighted by Crippen LogP contribution is 2.39. The summed E-state index contributed by atoms with van der Waals surface area (Å²) in [5.41, 5.74) is 12.7. The highest BCUT2D eigenvalue weighted by molar-refractivity contribution is 6.58. The first-order chi connectivity index (χ1) is 20.2. The fourth-order valence-electron chi connectivity index (χ4n) is 5.07. The fraction of sp³-hybridized carbons (Fsp3) is 0.233. The van der Waals surface area contributed by atoms with Crippen LogP contribution in [0, 0.1) is 5.82 Å². The second-order valence-electron chi connectivity index (χ2n) is 9.97. The van der Waals surface area contributed by atoms with Gasteiger partial charge < -0.3 is 25.8 Å². The fourth-order valence-corrected chi connectivity index (χ4v) is 5.32. The normalized spacial score (nSPS) is 16.7. The molecule has 0 saturated carbocycles. The summed E-state index contributed by atoms with van der Waals surface area (Å²) in [7, 11) is 0.129. The van der Waals surface area contributed by atoms with E-state index in [1.54, 1.807) is 49.8 Å². The van der Waals surface area contributed by atoms with E-state index >= 15 is 0 Å². The maximum absolute atomic E-state index is 14.6. The van der Waals surface area contributed by atoms with Crippen LogP contribution in [0.4, 0.5) is 10.2 Å². The van der Waals surface area contributed by atoms with Gasteiger partial charge in [0.05, 0.1) is 5.69 Å². The van der Waals surface area contributed by atoms with Crippen LogP contribution in [0.15, 0.2) is 65.3 Å². The van der Waals surface area contributed by atoms with Gasteiger partial charge in [0, 0.05) is 66.9 Å². The van der Waals surface area contributed by atoms with Gasteiger partial charge in [-0.05, 0) is 54.7 Å². The Morgan fingerprint density at radius 1 is 1.24 bits per heavy atom. The molecular formula is C30H31BClFN6O3. The van der Waals surface area contributed by atoms with E-state index in [0.717, 1.165) is 22.4 Å². The first kappa shape index (κ1) is 29.3. The third-order valence-electron chi connectivity index (χ3n) is 7.21. The minimum Gasteiger partial charge on any atom is -0.482 e. The number of aromatic nitrogens is 3. The lowest BCUT2D eigenvalue weighted by molar-refractivity contribution is 0.226. The van der Waals surface area contributed by atoms with Gasteiger partial charge in [-0.2, -0.15) is 5.10 Å². The Morgan fingerprint density at radius 3 is 2.69 bits per heavy atom. The number of halogens is 2. The Bertz CT molecular complexity index is 1670. The summed E-state index contributed by atoms with van der Waals surface area (Å²) in [5.74, 6) is 0.512. The first-order valence-electron chi connectivity index (χ1n) is 13.5. The number of nitrogens with zero attached hydrogens (tertiary/aromatic N) is 4. The lowest BCUT2D eigenvalue weighted by atomic mass is 9.80. The molecule has 5 N–H and O–H groups in total. The first-order valence-corrected chi connectivity index (χ1v) is 13.9. The number of nitrogens with two attached hydrogens (primary N) is 1. The number of hydrogen-bond donors (Lipinski definition) is 4. The van der Waals surface area contributed by atoms with Crippen LogP contribution in [0.3, 0.4) is 0 Å². The second kappa shape index (κ2) is 12.4. The molecule has 1 aliphatic heterocycles. The number of aryl methyl sites for hydroxylation is 1. The molecule has 12 heteroatoms. The third kappa shape index (κ3) is 5.89. The molecule has 0 radical (unpaired) electrons. The molecule has 1 aliphatic rings. The molecule has 0 spiro atoms. The summed E-state index contributed by atoms with van der Waals surface area (Å²) in [6, 6.07) is 13.2. The van der Waals surface area contributed by atoms with Crippen molar-refractivity contribution in [2.24, 2.45) is 10.7 Å². The van der Waals surface area contributed by atoms with E-state index in [-0.39, 0.29) is 0 Å². The highest BCUT2D eigenvalue weighted by Gasteiger charge is 2.25. The van der Waals surface area contributed by atoms with Crippen LogP contribution >= 0.6 is 11.6 Å². The van der Waals surface area contributed by atoms with Crippen molar-refractivity contribution in [1.82, 2.24) is 14.8 Å². The maximum Gasteiger partial charge on any atom is 0.488 e. The molecule has 0 saturated heterocycles. The van der Waals surface area contributed by atoms with Crippen molar-refractivity contribution in [3.8, 4) is 17.0 Å². The van der Waals surface area contributed by atoms with Gasteiger partial charge in [-0.3, -0.25) is 9.67 Å². The quantitative estimate of drug-likeness (QED) is 0.197. The van der Waals surface area contributed by atoms with Crippen LogP contribution in [0.1, 0.15) is 42.2 Å². The molecule has 0 amide bonds. The third-order valence-corrected chi connectivity index (χ3v) is 7.51. The van der Waals surface area contributed by atoms with Crippen LogP contribution < -0.4 is 21.3 Å². The largest absolute Gasteiger partial charge is 0.488 e. The topological polar surface area (TPSA) is 131 Å². The number of aliphatic imine (C=N–C) groups is 1. The van der Waals surface area contributed by atoms with Crippen LogP contribution in [0.25, 0.3) is 17.0 Å². The molecule has 0 aliphatic carbocycles. The average Bonchev–Trinajstić information content (AvgIpc) is 3.30. The summed E-state index contributed by atoms with van der Waals surface area (Å²) in [6.07, 6.45) is 3.16. The molecule has 5 rings (SSSR count). The Hall–Kier alpha value is -4.19. The minimum absolute atomic E-state index is 0.340. The molecule has 2 aromatic carbocycles. The molecule has 3 heterocycles. The van der Waals surface area contributed by atoms with Crippen molar-refractivity contribution >= 4 is 41.9 Å². The van der Waals surface area contributed by atoms with Crippen molar-refractivity contribution in [3.05, 3.63) is 93.5 Å². The van der Waals surface area contributed by atoms with Crippen molar-refractivity contribution in [2.75, 3.05) is 12.4 Å². The van der Waals surface area contributed by atoms with Crippen LogP contribution in [0.2, 0.25) is 5.15 Å². The summed E-state index contributed by atoms with van der Waals surface area (Å²) in [4.78, 5) is 8.94. The molecule has 0 unspecified atom stereocenters. The van der Waals surface area contributed by atoms with E-state index in [2.05, 4.69) is 15.4 Å². The number of pyridine rings is 1. The summed E-state index contributed by atoms with van der Waals surface area (Å²) in [5, 5.41) is 27.0. The van der Waals surface area contributed by atoms with Crippen LogP contribution in [0.5, 0.6) is 5.75 Å². The lowest BCUT2D eigenvalue weighted by Crippen LogP contribution is -2.29. The number of benzene rings is 2. The highest BCUT2D eigenvalue weighted by atomic mass is 35.5. The number of anilines is 1. The molecular weight excluding hydrogens is 558 g/mol. The Morgan fingerprint density at radius 2 is 2.00 bits per heavy atom. The van der Waals surface area contributed by atoms with Gasteiger partial charge in [0.2, 0.25) is 0 Å². The SMILES string of the molecule is CCn1nc(Cl)c2c1-c1cnc(NCc3ccc(B(O)O)cc3)c(c1)O[C@H](C)c1cc(F)ccc1/C(N)=C(/C=NC)C2. The second-order valence-corrected chi connectivity index (χ2v) is 10.3. The van der Waals surface area contributed by atoms with E-state index in [0.29, 0.717) is 64.1 Å². The molecule has 2 aromatic heterocycles. The maximum atomic E-state index is 14.6. The Balaban J connectivity index is 1.65. The van der Waals surface area contributed by atoms with Gasteiger partial charge >= 0.3 is 7.12 Å². The monoisotopic (exact) mass is 588 g/mol. The zero-order chi connectivity index (χ0) is 30.0. The molecule has 0 fully saturated rings. The van der Waals surface area contributed by atoms with Crippen molar-refractivity contribution in [3.63, 3.8) is 0 Å². The van der Waals surface area contributed by atoms with Gasteiger partial charge in [0.1, 0.15) is 11.9 Å². The Labute approximate surface area is 248 Å². The summed E-state index contributed by atoms with van der Waals surface area (Å²) >= 11 is 6.70. The van der Waals surface area contributed by atoms with E-state index in [4.69, 9.17) is 27.1 Å². The average molecular weight is 589 g/mol. The van der Waals surface area contributed by atoms with E-state index in [9.17, 15) is 14.4 Å². The van der Waals surface area contributed by atoms with Gasteiger partial charge in [-0.25, -0.2) is 9.37 Å². The molecule has 2 bridgehead atoms. The van der Waals surface area contributed by atoms with Gasteiger partial charge in [-0.1, -0.05) is 35.9 Å². The predicted octanol–water partition coefficient (Wildman–Crippen LogP) is 4.12. The van der Waals surface area contributed by atoms with E-state index < -0.39 is 19.0 Å². The molecule has 216 valence electrons. The van der Waals surface area contributed by atoms with Crippen LogP contribution in [-0.2, 0) is 19.5 Å². The van der Waals surface area contributed by atoms with Gasteiger partial charge in [0.15, 0.2) is 16.7 Å². The molecule has 42 heavy (non-hydrogen) atoms. The minimum atomic E-state index is -1.54. The number of rotatable bonds is 6. The number of ether oxygens (including phenoxy) is 1. The predicted molar refractivity (Wildman–Crippen MR) is 164 cm³/mol. The standard InChI is InChI=1S/C30H31BClFN6O3/c1-4-39-28-20-12-26(30(37-16-20)36-14-18-5-7-21(8-6-18)31(40)41)42-17(2)24-13-22(33)9-10-23(24)27(34)19(15-35-3)11-25(28)29(32)38-39/h5-10,12-13,15-17,40-41H,4,11,14,34H2,1-3H3,(H,36,37)/b27-19-,35-15?/t17-/m1/s1. The number of nitrogens with one attached hydrogen (secondary N) is 1. The van der Waals surface area contributed by atoms with Crippen molar-refractivity contribution < 1.29 is 19.2 Å². The number of fused-ring (bicyclic) bond motifs is 5. The molecule has 9 nitrogen and oxygen atoms in total. The van der Waals surface area contributed by atoms with Crippen molar-refractivity contribution in [1.29, 1.82) is 0 Å².